The number of nitrogens with zero attached hydrogens (tertiary/aromatic N) is 4. The van der Waals surface area contributed by atoms with E-state index in [1.165, 1.54) is 16.7 Å². The Labute approximate surface area is 223 Å². The third kappa shape index (κ3) is 4.45. The Morgan fingerprint density at radius 3 is 2.84 bits per heavy atom. The first-order chi connectivity index (χ1) is 18.4. The SMILES string of the molecule is Cc1c(C(CC(=O)O)c2ccc3c(c2)C(N2Cc4ccccc4OC(C)C2)CCC3)ccc2c1nnn2C. The van der Waals surface area contributed by atoms with Gasteiger partial charge in [0.2, 0.25) is 0 Å². The van der Waals surface area contributed by atoms with Crippen molar-refractivity contribution >= 4 is 17.0 Å². The van der Waals surface area contributed by atoms with Gasteiger partial charge >= 0.3 is 5.97 Å². The van der Waals surface area contributed by atoms with E-state index in [1.54, 1.807) is 4.68 Å². The predicted octanol–water partition coefficient (Wildman–Crippen LogP) is 5.54. The molecular weight excluding hydrogens is 476 g/mol. The zero-order valence-electron chi connectivity index (χ0n) is 22.2. The summed E-state index contributed by atoms with van der Waals surface area (Å²) in [4.78, 5) is 14.6. The second kappa shape index (κ2) is 9.87. The third-order valence-electron chi connectivity index (χ3n) is 8.29. The lowest BCUT2D eigenvalue weighted by molar-refractivity contribution is -0.137. The fraction of sp³-hybridized carbons (Fsp3) is 0.387. The number of carboxylic acids is 1. The average Bonchev–Trinajstić information content (AvgIpc) is 3.19. The van der Waals surface area contributed by atoms with Crippen LogP contribution in [0, 0.1) is 6.92 Å². The molecule has 3 aromatic carbocycles. The van der Waals surface area contributed by atoms with Gasteiger partial charge in [-0.05, 0) is 73.1 Å². The molecule has 6 rings (SSSR count). The number of aryl methyl sites for hydroxylation is 3. The summed E-state index contributed by atoms with van der Waals surface area (Å²) in [5.74, 6) is -0.0967. The number of hydrogen-bond acceptors (Lipinski definition) is 5. The number of ether oxygens (including phenoxy) is 1. The summed E-state index contributed by atoms with van der Waals surface area (Å²) in [6.45, 7) is 5.86. The molecule has 7 nitrogen and oxygen atoms in total. The number of fused-ring (bicyclic) bond motifs is 3. The molecule has 0 bridgehead atoms. The van der Waals surface area contributed by atoms with Crippen molar-refractivity contribution in [2.24, 2.45) is 7.05 Å². The maximum absolute atomic E-state index is 12.1. The molecule has 4 aromatic rings. The molecule has 0 spiro atoms. The molecule has 2 heterocycles. The summed E-state index contributed by atoms with van der Waals surface area (Å²) in [6.07, 6.45) is 3.40. The molecule has 1 N–H and O–H groups in total. The molecule has 1 aromatic heterocycles. The predicted molar refractivity (Wildman–Crippen MR) is 146 cm³/mol. The Bertz CT molecular complexity index is 1510. The molecule has 0 saturated carbocycles. The molecular formula is C31H34N4O3. The van der Waals surface area contributed by atoms with Crippen LogP contribution in [0.1, 0.15) is 71.5 Å². The molecule has 7 heteroatoms. The Hall–Kier alpha value is -3.71. The van der Waals surface area contributed by atoms with E-state index in [1.807, 2.05) is 26.1 Å². The van der Waals surface area contributed by atoms with Gasteiger partial charge in [-0.25, -0.2) is 4.68 Å². The Balaban J connectivity index is 1.41. The molecule has 0 radical (unpaired) electrons. The quantitative estimate of drug-likeness (QED) is 0.380. The van der Waals surface area contributed by atoms with Gasteiger partial charge in [0.25, 0.3) is 0 Å². The minimum Gasteiger partial charge on any atom is -0.489 e. The topological polar surface area (TPSA) is 80.5 Å². The summed E-state index contributed by atoms with van der Waals surface area (Å²) in [6, 6.07) is 19.3. The minimum absolute atomic E-state index is 0.0258. The molecule has 3 unspecified atom stereocenters. The molecule has 1 aliphatic heterocycles. The summed E-state index contributed by atoms with van der Waals surface area (Å²) < 4.78 is 8.02. The van der Waals surface area contributed by atoms with Crippen molar-refractivity contribution in [3.63, 3.8) is 0 Å². The molecule has 0 fully saturated rings. The highest BCUT2D eigenvalue weighted by Crippen LogP contribution is 2.41. The van der Waals surface area contributed by atoms with Crippen LogP contribution in [0.3, 0.4) is 0 Å². The Kier molecular flexibility index (Phi) is 6.40. The monoisotopic (exact) mass is 510 g/mol. The molecule has 0 amide bonds. The van der Waals surface area contributed by atoms with Crippen LogP contribution >= 0.6 is 0 Å². The van der Waals surface area contributed by atoms with E-state index in [0.717, 1.165) is 65.8 Å². The summed E-state index contributed by atoms with van der Waals surface area (Å²) in [7, 11) is 1.87. The zero-order chi connectivity index (χ0) is 26.4. The molecule has 38 heavy (non-hydrogen) atoms. The summed E-state index contributed by atoms with van der Waals surface area (Å²) >= 11 is 0. The van der Waals surface area contributed by atoms with Gasteiger partial charge in [0.15, 0.2) is 0 Å². The first-order valence-electron chi connectivity index (χ1n) is 13.5. The summed E-state index contributed by atoms with van der Waals surface area (Å²) in [5, 5.41) is 18.4. The van der Waals surface area contributed by atoms with Crippen molar-refractivity contribution in [2.45, 2.75) is 64.1 Å². The van der Waals surface area contributed by atoms with Gasteiger partial charge in [0, 0.05) is 37.7 Å². The van der Waals surface area contributed by atoms with Crippen molar-refractivity contribution in [2.75, 3.05) is 6.54 Å². The van der Waals surface area contributed by atoms with E-state index in [0.29, 0.717) is 0 Å². The van der Waals surface area contributed by atoms with Crippen LogP contribution in [0.5, 0.6) is 5.75 Å². The Morgan fingerprint density at radius 2 is 2.00 bits per heavy atom. The standard InChI is InChI=1S/C31H34N4O3/c1-19-17-35(18-23-7-4-5-10-29(23)38-19)27-9-6-8-21-11-12-22(15-26(21)27)25(16-30(36)37)24-13-14-28-31(20(24)2)32-33-34(28)3/h4-5,7,10-15,19,25,27H,6,8-9,16-18H2,1-3H3,(H,36,37). The second-order valence-electron chi connectivity index (χ2n) is 10.8. The van der Waals surface area contributed by atoms with E-state index in [4.69, 9.17) is 4.74 Å². The molecule has 3 atom stereocenters. The van der Waals surface area contributed by atoms with Crippen LogP contribution in [0.25, 0.3) is 11.0 Å². The van der Waals surface area contributed by atoms with Crippen molar-refractivity contribution in [1.29, 1.82) is 0 Å². The molecule has 1 aliphatic carbocycles. The van der Waals surface area contributed by atoms with Crippen molar-refractivity contribution in [3.8, 4) is 5.75 Å². The van der Waals surface area contributed by atoms with Gasteiger partial charge < -0.3 is 9.84 Å². The van der Waals surface area contributed by atoms with Gasteiger partial charge in [-0.3, -0.25) is 9.69 Å². The maximum atomic E-state index is 12.1. The van der Waals surface area contributed by atoms with Crippen molar-refractivity contribution in [1.82, 2.24) is 19.9 Å². The number of carbonyl (C=O) groups is 1. The fourth-order valence-corrected chi connectivity index (χ4v) is 6.45. The van der Waals surface area contributed by atoms with Gasteiger partial charge in [-0.1, -0.05) is 47.7 Å². The van der Waals surface area contributed by atoms with E-state index in [9.17, 15) is 9.90 Å². The van der Waals surface area contributed by atoms with Crippen LogP contribution in [0.4, 0.5) is 0 Å². The normalized spacial score (nSPS) is 20.3. The molecule has 196 valence electrons. The van der Waals surface area contributed by atoms with Gasteiger partial charge in [0.05, 0.1) is 11.9 Å². The van der Waals surface area contributed by atoms with Crippen LogP contribution in [0.2, 0.25) is 0 Å². The smallest absolute Gasteiger partial charge is 0.304 e. The highest BCUT2D eigenvalue weighted by Gasteiger charge is 2.31. The zero-order valence-corrected chi connectivity index (χ0v) is 22.2. The fourth-order valence-electron chi connectivity index (χ4n) is 6.45. The first-order valence-corrected chi connectivity index (χ1v) is 13.5. The van der Waals surface area contributed by atoms with Crippen LogP contribution in [-0.2, 0) is 24.8 Å². The molecule has 2 aliphatic rings. The van der Waals surface area contributed by atoms with Gasteiger partial charge in [-0.2, -0.15) is 0 Å². The van der Waals surface area contributed by atoms with Crippen LogP contribution in [-0.4, -0.2) is 43.6 Å². The van der Waals surface area contributed by atoms with Gasteiger partial charge in [0.1, 0.15) is 17.4 Å². The van der Waals surface area contributed by atoms with Crippen molar-refractivity contribution < 1.29 is 14.6 Å². The second-order valence-corrected chi connectivity index (χ2v) is 10.8. The van der Waals surface area contributed by atoms with E-state index in [-0.39, 0.29) is 24.5 Å². The highest BCUT2D eigenvalue weighted by atomic mass is 16.5. The number of aliphatic carboxylic acids is 1. The number of aromatic nitrogens is 3. The van der Waals surface area contributed by atoms with Crippen molar-refractivity contribution in [3.05, 3.63) is 88.0 Å². The minimum atomic E-state index is -0.807. The lowest BCUT2D eigenvalue weighted by Crippen LogP contribution is -2.36. The first kappa shape index (κ1) is 24.6. The number of para-hydroxylation sites is 1. The van der Waals surface area contributed by atoms with E-state index in [2.05, 4.69) is 64.6 Å². The lowest BCUT2D eigenvalue weighted by Gasteiger charge is -2.36. The molecule has 0 saturated heterocycles. The van der Waals surface area contributed by atoms with Crippen LogP contribution < -0.4 is 4.74 Å². The highest BCUT2D eigenvalue weighted by molar-refractivity contribution is 5.80. The number of hydrogen-bond donors (Lipinski definition) is 1. The third-order valence-corrected chi connectivity index (χ3v) is 8.29. The van der Waals surface area contributed by atoms with E-state index < -0.39 is 5.97 Å². The number of benzene rings is 3. The Morgan fingerprint density at radius 1 is 1.16 bits per heavy atom. The average molecular weight is 511 g/mol. The summed E-state index contributed by atoms with van der Waals surface area (Å²) in [5.41, 5.74) is 8.72. The lowest BCUT2D eigenvalue weighted by atomic mass is 9.80. The van der Waals surface area contributed by atoms with E-state index >= 15 is 0 Å². The maximum Gasteiger partial charge on any atom is 0.304 e. The van der Waals surface area contributed by atoms with Gasteiger partial charge in [-0.15, -0.1) is 5.10 Å². The van der Waals surface area contributed by atoms with Crippen LogP contribution in [0.15, 0.2) is 54.6 Å². The largest absolute Gasteiger partial charge is 0.489 e. The number of rotatable bonds is 5. The number of carboxylic acid groups (broad SMARTS) is 1.